The maximum Gasteiger partial charge on any atom is 0.416 e. The normalized spacial score (nSPS) is 13.2. The van der Waals surface area contributed by atoms with Gasteiger partial charge in [-0.1, -0.05) is 19.1 Å². The van der Waals surface area contributed by atoms with Gasteiger partial charge in [0.1, 0.15) is 0 Å². The van der Waals surface area contributed by atoms with E-state index in [-0.39, 0.29) is 5.92 Å². The van der Waals surface area contributed by atoms with Crippen molar-refractivity contribution in [3.05, 3.63) is 28.2 Å². The largest absolute Gasteiger partial charge is 0.416 e. The second kappa shape index (κ2) is 6.09. The lowest BCUT2D eigenvalue weighted by molar-refractivity contribution is -0.137. The first-order valence-electron chi connectivity index (χ1n) is 5.50. The molecule has 1 rings (SSSR count). The predicted octanol–water partition coefficient (Wildman–Crippen LogP) is 3.83. The fraction of sp³-hybridized carbons (Fsp3) is 0.417. The third-order valence-electron chi connectivity index (χ3n) is 2.72. The van der Waals surface area contributed by atoms with Gasteiger partial charge in [0.25, 0.3) is 0 Å². The number of alkyl halides is 3. The van der Waals surface area contributed by atoms with Gasteiger partial charge in [0, 0.05) is 24.0 Å². The van der Waals surface area contributed by atoms with E-state index in [1.54, 1.807) is 7.05 Å². The first-order valence-corrected chi connectivity index (χ1v) is 6.70. The predicted molar refractivity (Wildman–Crippen MR) is 78.4 cm³/mol. The Balaban J connectivity index is 2.94. The van der Waals surface area contributed by atoms with E-state index in [2.05, 4.69) is 15.9 Å². The molecule has 2 N–H and O–H groups in total. The highest BCUT2D eigenvalue weighted by atomic mass is 79.9. The molecule has 2 nitrogen and oxygen atoms in total. The standard InChI is InChI=1S/C12H14BrF3N2S/c1-7(11(17)19)6-18(2)10-4-3-8(5-9(10)13)12(14,15)16/h3-5,7H,6H2,1-2H3,(H2,17,19). The maximum atomic E-state index is 12.5. The summed E-state index contributed by atoms with van der Waals surface area (Å²) in [6.07, 6.45) is -4.34. The molecule has 19 heavy (non-hydrogen) atoms. The molecule has 0 fully saturated rings. The number of nitrogens with two attached hydrogens (primary N) is 1. The minimum absolute atomic E-state index is 0.0193. The highest BCUT2D eigenvalue weighted by molar-refractivity contribution is 9.10. The van der Waals surface area contributed by atoms with E-state index in [4.69, 9.17) is 18.0 Å². The number of halogens is 4. The summed E-state index contributed by atoms with van der Waals surface area (Å²) < 4.78 is 38.0. The van der Waals surface area contributed by atoms with Crippen molar-refractivity contribution in [3.8, 4) is 0 Å². The third kappa shape index (κ3) is 4.35. The minimum Gasteiger partial charge on any atom is -0.393 e. The summed E-state index contributed by atoms with van der Waals surface area (Å²) >= 11 is 8.04. The first kappa shape index (κ1) is 16.2. The molecule has 0 saturated carbocycles. The Hall–Kier alpha value is -0.820. The lowest BCUT2D eigenvalue weighted by Crippen LogP contribution is -2.31. The van der Waals surface area contributed by atoms with Crippen molar-refractivity contribution in [1.29, 1.82) is 0 Å². The molecule has 1 aromatic carbocycles. The summed E-state index contributed by atoms with van der Waals surface area (Å²) in [6, 6.07) is 3.55. The molecule has 7 heteroatoms. The Bertz CT molecular complexity index is 477. The molecule has 0 aromatic heterocycles. The molecule has 0 aliphatic carbocycles. The van der Waals surface area contributed by atoms with E-state index < -0.39 is 11.7 Å². The number of hydrogen-bond donors (Lipinski definition) is 1. The molecule has 0 aliphatic heterocycles. The van der Waals surface area contributed by atoms with Crippen LogP contribution in [0.5, 0.6) is 0 Å². The molecule has 1 aromatic rings. The van der Waals surface area contributed by atoms with Gasteiger partial charge < -0.3 is 10.6 Å². The molecule has 0 spiro atoms. The average Bonchev–Trinajstić information content (AvgIpc) is 2.27. The molecule has 0 saturated heterocycles. The summed E-state index contributed by atoms with van der Waals surface area (Å²) in [7, 11) is 1.78. The first-order chi connectivity index (χ1) is 8.62. The molecule has 0 amide bonds. The SMILES string of the molecule is CC(CN(C)c1ccc(C(F)(F)F)cc1Br)C(N)=S. The monoisotopic (exact) mass is 354 g/mol. The van der Waals surface area contributed by atoms with E-state index in [0.717, 1.165) is 12.1 Å². The number of rotatable bonds is 4. The minimum atomic E-state index is -4.34. The van der Waals surface area contributed by atoms with Crippen LogP contribution in [0, 0.1) is 5.92 Å². The number of benzene rings is 1. The van der Waals surface area contributed by atoms with Gasteiger partial charge in [0.2, 0.25) is 0 Å². The molecule has 0 aliphatic rings. The number of thiocarbonyl (C=S) groups is 1. The molecule has 0 radical (unpaired) electrons. The van der Waals surface area contributed by atoms with Gasteiger partial charge in [-0.3, -0.25) is 0 Å². The Morgan fingerprint density at radius 3 is 2.47 bits per heavy atom. The van der Waals surface area contributed by atoms with Crippen LogP contribution in [0.2, 0.25) is 0 Å². The molecule has 1 unspecified atom stereocenters. The lowest BCUT2D eigenvalue weighted by Gasteiger charge is -2.24. The van der Waals surface area contributed by atoms with Crippen LogP contribution in [-0.2, 0) is 6.18 Å². The van der Waals surface area contributed by atoms with Gasteiger partial charge in [-0.05, 0) is 34.1 Å². The second-order valence-electron chi connectivity index (χ2n) is 4.35. The van der Waals surface area contributed by atoms with Crippen LogP contribution < -0.4 is 10.6 Å². The van der Waals surface area contributed by atoms with Gasteiger partial charge in [0.05, 0.1) is 16.2 Å². The van der Waals surface area contributed by atoms with Crippen molar-refractivity contribution < 1.29 is 13.2 Å². The van der Waals surface area contributed by atoms with Crippen molar-refractivity contribution in [2.24, 2.45) is 11.7 Å². The van der Waals surface area contributed by atoms with Gasteiger partial charge >= 0.3 is 6.18 Å². The van der Waals surface area contributed by atoms with Crippen LogP contribution in [0.1, 0.15) is 12.5 Å². The zero-order valence-electron chi connectivity index (χ0n) is 10.5. The molecule has 0 bridgehead atoms. The third-order valence-corrected chi connectivity index (χ3v) is 3.76. The summed E-state index contributed by atoms with van der Waals surface area (Å²) in [6.45, 7) is 2.41. The van der Waals surface area contributed by atoms with Crippen LogP contribution in [-0.4, -0.2) is 18.6 Å². The van der Waals surface area contributed by atoms with Gasteiger partial charge in [-0.25, -0.2) is 0 Å². The van der Waals surface area contributed by atoms with Gasteiger partial charge in [0.15, 0.2) is 0 Å². The summed E-state index contributed by atoms with van der Waals surface area (Å²) in [5, 5.41) is 0. The molecule has 106 valence electrons. The van der Waals surface area contributed by atoms with Crippen LogP contribution in [0.25, 0.3) is 0 Å². The van der Waals surface area contributed by atoms with Crippen LogP contribution in [0.15, 0.2) is 22.7 Å². The fourth-order valence-electron chi connectivity index (χ4n) is 1.59. The van der Waals surface area contributed by atoms with Crippen molar-refractivity contribution in [2.75, 3.05) is 18.5 Å². The Labute approximate surface area is 123 Å². The Morgan fingerprint density at radius 1 is 1.47 bits per heavy atom. The Kier molecular flexibility index (Phi) is 5.20. The summed E-state index contributed by atoms with van der Waals surface area (Å²) in [5.41, 5.74) is 5.51. The number of anilines is 1. The van der Waals surface area contributed by atoms with Crippen LogP contribution in [0.3, 0.4) is 0 Å². The van der Waals surface area contributed by atoms with E-state index in [1.165, 1.54) is 6.07 Å². The van der Waals surface area contributed by atoms with E-state index in [0.29, 0.717) is 21.7 Å². The van der Waals surface area contributed by atoms with E-state index in [9.17, 15) is 13.2 Å². The Morgan fingerprint density at radius 2 is 2.05 bits per heavy atom. The zero-order valence-corrected chi connectivity index (χ0v) is 12.9. The van der Waals surface area contributed by atoms with Gasteiger partial charge in [-0.15, -0.1) is 0 Å². The lowest BCUT2D eigenvalue weighted by atomic mass is 10.1. The summed E-state index contributed by atoms with van der Waals surface area (Å²) in [4.78, 5) is 2.20. The highest BCUT2D eigenvalue weighted by Crippen LogP contribution is 2.35. The van der Waals surface area contributed by atoms with E-state index in [1.807, 2.05) is 11.8 Å². The number of hydrogen-bond acceptors (Lipinski definition) is 2. The topological polar surface area (TPSA) is 29.3 Å². The molecule has 0 heterocycles. The maximum absolute atomic E-state index is 12.5. The molecular weight excluding hydrogens is 341 g/mol. The molecule has 1 atom stereocenters. The smallest absolute Gasteiger partial charge is 0.393 e. The average molecular weight is 355 g/mol. The van der Waals surface area contributed by atoms with Crippen LogP contribution in [0.4, 0.5) is 18.9 Å². The van der Waals surface area contributed by atoms with E-state index >= 15 is 0 Å². The quantitative estimate of drug-likeness (QED) is 0.833. The summed E-state index contributed by atoms with van der Waals surface area (Å²) in [5.74, 6) is -0.0193. The molecular formula is C12H14BrF3N2S. The van der Waals surface area contributed by atoms with Gasteiger partial charge in [-0.2, -0.15) is 13.2 Å². The van der Waals surface area contributed by atoms with Crippen molar-refractivity contribution in [2.45, 2.75) is 13.1 Å². The van der Waals surface area contributed by atoms with Crippen molar-refractivity contribution in [1.82, 2.24) is 0 Å². The van der Waals surface area contributed by atoms with Crippen molar-refractivity contribution in [3.63, 3.8) is 0 Å². The van der Waals surface area contributed by atoms with Crippen molar-refractivity contribution >= 4 is 38.8 Å². The highest BCUT2D eigenvalue weighted by Gasteiger charge is 2.31. The second-order valence-corrected chi connectivity index (χ2v) is 5.67. The fourth-order valence-corrected chi connectivity index (χ4v) is 2.35. The number of nitrogens with zero attached hydrogens (tertiary/aromatic N) is 1. The zero-order chi connectivity index (χ0) is 14.8. The van der Waals surface area contributed by atoms with Crippen LogP contribution >= 0.6 is 28.1 Å².